The maximum Gasteiger partial charge on any atom is 0.416 e. The molecule has 4 atom stereocenters. The van der Waals surface area contributed by atoms with Crippen molar-refractivity contribution in [3.8, 4) is 0 Å². The molecule has 2 aromatic carbocycles. The van der Waals surface area contributed by atoms with Crippen LogP contribution in [0.25, 0.3) is 20.2 Å². The first-order chi connectivity index (χ1) is 25.6. The highest BCUT2D eigenvalue weighted by Gasteiger charge is 2.40. The van der Waals surface area contributed by atoms with E-state index in [0.717, 1.165) is 113 Å². The third-order valence-electron chi connectivity index (χ3n) is 11.0. The molecule has 4 aliphatic rings. The van der Waals surface area contributed by atoms with Crippen LogP contribution < -0.4 is 9.80 Å². The van der Waals surface area contributed by atoms with Crippen molar-refractivity contribution in [3.63, 3.8) is 0 Å². The van der Waals surface area contributed by atoms with Crippen LogP contribution in [0.4, 0.5) is 37.7 Å². The molecule has 17 heteroatoms. The highest BCUT2D eigenvalue weighted by atomic mass is 32.2. The number of rotatable bonds is 10. The van der Waals surface area contributed by atoms with Crippen LogP contribution in [0.1, 0.15) is 24.0 Å². The predicted molar refractivity (Wildman–Crippen MR) is 202 cm³/mol. The van der Waals surface area contributed by atoms with Gasteiger partial charge in [-0.05, 0) is 60.8 Å². The van der Waals surface area contributed by atoms with Gasteiger partial charge in [0.2, 0.25) is 0 Å². The number of aliphatic hydroxyl groups excluding tert-OH is 1. The molecule has 2 saturated carbocycles. The van der Waals surface area contributed by atoms with Gasteiger partial charge in [-0.1, -0.05) is 12.1 Å². The largest absolute Gasteiger partial charge is 0.416 e. The molecule has 0 radical (unpaired) electrons. The number of thiophene rings is 2. The number of fused-ring (bicyclic) bond motifs is 2. The zero-order valence-corrected chi connectivity index (χ0v) is 32.2. The van der Waals surface area contributed by atoms with Crippen molar-refractivity contribution < 1.29 is 44.0 Å². The molecule has 4 fully saturated rings. The van der Waals surface area contributed by atoms with Crippen molar-refractivity contribution in [3.05, 3.63) is 58.3 Å². The summed E-state index contributed by atoms with van der Waals surface area (Å²) < 4.78 is 106. The van der Waals surface area contributed by atoms with E-state index in [0.29, 0.717) is 39.7 Å². The maximum absolute atomic E-state index is 12.9. The molecule has 8 rings (SSSR count). The van der Waals surface area contributed by atoms with E-state index in [9.17, 15) is 34.8 Å². The van der Waals surface area contributed by atoms with Gasteiger partial charge in [0.15, 0.2) is 0 Å². The van der Waals surface area contributed by atoms with Crippen LogP contribution in [0.15, 0.2) is 47.2 Å². The van der Waals surface area contributed by atoms with Gasteiger partial charge in [-0.25, -0.2) is 0 Å². The molecule has 296 valence electrons. The molecule has 8 nitrogen and oxygen atoms in total. The van der Waals surface area contributed by atoms with Crippen LogP contribution in [-0.2, 0) is 26.7 Å². The Bertz CT molecular complexity index is 2020. The number of anilines is 2. The second kappa shape index (κ2) is 15.7. The van der Waals surface area contributed by atoms with Gasteiger partial charge >= 0.3 is 12.4 Å². The van der Waals surface area contributed by atoms with Crippen LogP contribution in [0, 0.1) is 23.7 Å². The van der Waals surface area contributed by atoms with Crippen molar-refractivity contribution in [2.45, 2.75) is 25.2 Å². The fourth-order valence-corrected chi connectivity index (χ4v) is 10.0. The van der Waals surface area contributed by atoms with E-state index in [2.05, 4.69) is 19.6 Å². The van der Waals surface area contributed by atoms with Gasteiger partial charge in [-0.3, -0.25) is 14.0 Å². The van der Waals surface area contributed by atoms with E-state index in [1.165, 1.54) is 40.9 Å². The lowest BCUT2D eigenvalue weighted by Crippen LogP contribution is -2.47. The molecule has 4 aromatic rings. The molecule has 2 aliphatic heterocycles. The summed E-state index contributed by atoms with van der Waals surface area (Å²) in [5.41, 5.74) is 0.861. The van der Waals surface area contributed by atoms with Gasteiger partial charge in [0, 0.05) is 103 Å². The second-order valence-electron chi connectivity index (χ2n) is 14.9. The van der Waals surface area contributed by atoms with Crippen LogP contribution in [0.2, 0.25) is 0 Å². The van der Waals surface area contributed by atoms with Crippen LogP contribution in [-0.4, -0.2) is 108 Å². The molecule has 54 heavy (non-hydrogen) atoms. The zero-order chi connectivity index (χ0) is 38.4. The number of aliphatic hydroxyl groups is 1. The van der Waals surface area contributed by atoms with E-state index in [1.54, 1.807) is 12.1 Å². The first-order valence-electron chi connectivity index (χ1n) is 18.1. The monoisotopic (exact) mass is 818 g/mol. The molecule has 2 saturated heterocycles. The van der Waals surface area contributed by atoms with Crippen LogP contribution in [0.3, 0.4) is 0 Å². The third-order valence-corrected chi connectivity index (χ3v) is 13.5. The summed E-state index contributed by atoms with van der Waals surface area (Å²) in [6, 6.07) is 7.99. The molecule has 2 aromatic heterocycles. The Balaban J connectivity index is 0.000000168. The van der Waals surface area contributed by atoms with Crippen molar-refractivity contribution >= 4 is 64.3 Å². The lowest BCUT2D eigenvalue weighted by Gasteiger charge is -2.36. The molecule has 2 aliphatic carbocycles. The van der Waals surface area contributed by atoms with Gasteiger partial charge in [-0.15, -0.1) is 22.7 Å². The Labute approximate surface area is 319 Å². The zero-order valence-electron chi connectivity index (χ0n) is 29.8. The van der Waals surface area contributed by atoms with Crippen LogP contribution >= 0.6 is 22.7 Å². The molecular formula is C37H44F6N4O4S3. The highest BCUT2D eigenvalue weighted by Crippen LogP contribution is 2.42. The molecule has 0 bridgehead atoms. The molecule has 0 spiro atoms. The third kappa shape index (κ3) is 9.64. The number of alkyl halides is 6. The van der Waals surface area contributed by atoms with Crippen LogP contribution in [0.5, 0.6) is 0 Å². The Morgan fingerprint density at radius 3 is 1.50 bits per heavy atom. The van der Waals surface area contributed by atoms with Gasteiger partial charge in [0.25, 0.3) is 10.1 Å². The Kier molecular flexibility index (Phi) is 11.5. The first-order valence-corrected chi connectivity index (χ1v) is 21.7. The number of piperazine rings is 2. The summed E-state index contributed by atoms with van der Waals surface area (Å²) in [5, 5.41) is 14.9. The minimum Gasteiger partial charge on any atom is -0.396 e. The Morgan fingerprint density at radius 1 is 0.685 bits per heavy atom. The summed E-state index contributed by atoms with van der Waals surface area (Å²) in [7, 11) is -3.38. The quantitative estimate of drug-likeness (QED) is 0.132. The van der Waals surface area contributed by atoms with Crippen molar-refractivity contribution in [2.24, 2.45) is 23.7 Å². The smallest absolute Gasteiger partial charge is 0.396 e. The fourth-order valence-electron chi connectivity index (χ4n) is 7.58. The number of benzene rings is 2. The fraction of sp³-hybridized carbons (Fsp3) is 0.568. The summed E-state index contributed by atoms with van der Waals surface area (Å²) in [5.74, 6) is 1.92. The molecule has 1 N–H and O–H groups in total. The van der Waals surface area contributed by atoms with Gasteiger partial charge in [0.1, 0.15) is 0 Å². The number of hydrogen-bond acceptors (Lipinski definition) is 10. The first kappa shape index (κ1) is 39.6. The average molecular weight is 819 g/mol. The highest BCUT2D eigenvalue weighted by molar-refractivity contribution is 7.85. The Morgan fingerprint density at radius 2 is 1.11 bits per heavy atom. The van der Waals surface area contributed by atoms with Gasteiger partial charge in [0.05, 0.1) is 35.4 Å². The minimum absolute atomic E-state index is 0.268. The summed E-state index contributed by atoms with van der Waals surface area (Å²) >= 11 is 2.73. The van der Waals surface area contributed by atoms with Crippen molar-refractivity contribution in [1.29, 1.82) is 0 Å². The van der Waals surface area contributed by atoms with Crippen molar-refractivity contribution in [2.75, 3.05) is 94.7 Å². The average Bonchev–Trinajstić information content (AvgIpc) is 3.96. The Hall–Kier alpha value is -2.67. The number of nitrogens with zero attached hydrogens (tertiary/aromatic N) is 4. The number of hydrogen-bond donors (Lipinski definition) is 1. The maximum atomic E-state index is 12.9. The molecule has 0 amide bonds. The van der Waals surface area contributed by atoms with E-state index in [4.69, 9.17) is 9.29 Å². The van der Waals surface area contributed by atoms with E-state index in [-0.39, 0.29) is 6.61 Å². The summed E-state index contributed by atoms with van der Waals surface area (Å²) in [6.07, 6.45) is -5.42. The second-order valence-corrected chi connectivity index (χ2v) is 18.4. The topological polar surface area (TPSA) is 76.6 Å². The minimum atomic E-state index is -4.32. The lowest BCUT2D eigenvalue weighted by atomic mass is 10.1. The van der Waals surface area contributed by atoms with E-state index >= 15 is 0 Å². The molecule has 2 unspecified atom stereocenters. The molecule has 4 heterocycles. The standard InChI is InChI=1S/C19H23F3N2O3S2.C18H21F3N2OS/c1-29(25,26)27-11-14-8-13(14)10-23-4-6-24(7-5-23)17-12-28-18-9-15(19(20,21)22)2-3-16(17)18;19-18(20,21)14-1-2-15-16(11-25-17(15)8-14)23-5-3-22(4-6-23)9-12-7-13(12)10-24/h2-3,9,12-14H,4-8,10-11H2,1H3;1-2,8,11-13,24H,3-7,9-10H2/t13?,14-;12?,13-/m00/s1. The van der Waals surface area contributed by atoms with E-state index in [1.807, 2.05) is 10.8 Å². The van der Waals surface area contributed by atoms with Gasteiger partial charge < -0.3 is 14.9 Å². The SMILES string of the molecule is CS(=O)(=O)OC[C@@H]1CC1CN1CCN(c2csc3cc(C(F)(F)F)ccc23)CC1.OC[C@@H]1CC1CN1CCN(c2csc3cc(C(F)(F)F)ccc23)CC1. The van der Waals surface area contributed by atoms with Gasteiger partial charge in [-0.2, -0.15) is 34.8 Å². The summed E-state index contributed by atoms with van der Waals surface area (Å²) in [4.78, 5) is 9.32. The predicted octanol–water partition coefficient (Wildman–Crippen LogP) is 7.32. The normalized spacial score (nSPS) is 24.2. The van der Waals surface area contributed by atoms with E-state index < -0.39 is 33.6 Å². The summed E-state index contributed by atoms with van der Waals surface area (Å²) in [6.45, 7) is 9.68. The van der Waals surface area contributed by atoms with Crippen molar-refractivity contribution in [1.82, 2.24) is 9.80 Å². The lowest BCUT2D eigenvalue weighted by molar-refractivity contribution is -0.138. The molecular weight excluding hydrogens is 775 g/mol. The number of halogens is 6.